The first-order chi connectivity index (χ1) is 16.0. The molecule has 1 fully saturated rings. The Hall–Kier alpha value is -3.16. The second kappa shape index (κ2) is 9.00. The Kier molecular flexibility index (Phi) is 5.91. The van der Waals surface area contributed by atoms with Crippen molar-refractivity contribution in [1.29, 1.82) is 0 Å². The molecule has 1 atom stereocenters. The number of halogens is 1. The summed E-state index contributed by atoms with van der Waals surface area (Å²) in [5.74, 6) is 1.34. The molecule has 33 heavy (non-hydrogen) atoms. The molecular formula is C25H21ClN2O4S. The van der Waals surface area contributed by atoms with E-state index >= 15 is 0 Å². The second-order valence-electron chi connectivity index (χ2n) is 8.10. The monoisotopic (exact) mass is 480 g/mol. The number of aromatic nitrogens is 1. The molecule has 0 N–H and O–H groups in total. The Bertz CT molecular complexity index is 1220. The number of carbonyl (C=O) groups is 2. The van der Waals surface area contributed by atoms with Gasteiger partial charge in [-0.3, -0.25) is 14.5 Å². The highest BCUT2D eigenvalue weighted by molar-refractivity contribution is 7.14. The van der Waals surface area contributed by atoms with Crippen LogP contribution in [-0.4, -0.2) is 34.3 Å². The molecule has 0 unspecified atom stereocenters. The number of benzene rings is 2. The lowest BCUT2D eigenvalue weighted by Crippen LogP contribution is -2.36. The summed E-state index contributed by atoms with van der Waals surface area (Å²) in [6.45, 7) is 2.53. The third-order valence-corrected chi connectivity index (χ3v) is 6.69. The van der Waals surface area contributed by atoms with Gasteiger partial charge in [0.25, 0.3) is 17.0 Å². The molecule has 0 radical (unpaired) electrons. The van der Waals surface area contributed by atoms with Gasteiger partial charge in [0.05, 0.1) is 33.7 Å². The molecule has 2 amide bonds. The van der Waals surface area contributed by atoms with Crippen LogP contribution >= 0.6 is 22.9 Å². The number of rotatable bonds is 8. The maximum Gasteiger partial charge on any atom is 0.279 e. The van der Waals surface area contributed by atoms with Gasteiger partial charge in [0.2, 0.25) is 0 Å². The van der Waals surface area contributed by atoms with Gasteiger partial charge < -0.3 is 9.47 Å². The number of nitrogens with zero attached hydrogens (tertiary/aromatic N) is 2. The molecule has 2 heterocycles. The molecule has 0 saturated heterocycles. The Morgan fingerprint density at radius 2 is 1.91 bits per heavy atom. The normalized spacial score (nSPS) is 16.4. The highest BCUT2D eigenvalue weighted by atomic mass is 35.5. The summed E-state index contributed by atoms with van der Waals surface area (Å²) in [6.07, 6.45) is 7.76. The van der Waals surface area contributed by atoms with Crippen molar-refractivity contribution >= 4 is 40.8 Å². The van der Waals surface area contributed by atoms with Crippen molar-refractivity contribution in [3.8, 4) is 16.7 Å². The van der Waals surface area contributed by atoms with E-state index in [0.717, 1.165) is 17.2 Å². The molecule has 1 aromatic heterocycles. The molecule has 2 aromatic carbocycles. The van der Waals surface area contributed by atoms with Crippen molar-refractivity contribution < 1.29 is 19.1 Å². The minimum absolute atomic E-state index is 0.278. The number of hydrogen-bond acceptors (Lipinski definition) is 6. The second-order valence-corrected chi connectivity index (χ2v) is 9.53. The molecule has 0 bridgehead atoms. The topological polar surface area (TPSA) is 68.7 Å². The van der Waals surface area contributed by atoms with Crippen molar-refractivity contribution in [3.63, 3.8) is 0 Å². The summed E-state index contributed by atoms with van der Waals surface area (Å²) in [6, 6.07) is 11.8. The predicted octanol–water partition coefficient (Wildman–Crippen LogP) is 6.08. The van der Waals surface area contributed by atoms with E-state index in [2.05, 4.69) is 4.98 Å². The van der Waals surface area contributed by atoms with Crippen LogP contribution < -0.4 is 9.47 Å². The van der Waals surface area contributed by atoms with Crippen LogP contribution in [-0.2, 0) is 0 Å². The van der Waals surface area contributed by atoms with E-state index in [0.29, 0.717) is 33.0 Å². The minimum Gasteiger partial charge on any atom is -0.493 e. The van der Waals surface area contributed by atoms with E-state index in [4.69, 9.17) is 21.1 Å². The maximum absolute atomic E-state index is 12.6. The van der Waals surface area contributed by atoms with Gasteiger partial charge in [-0.1, -0.05) is 41.1 Å². The number of fused-ring (bicyclic) bond motifs is 1. The molecule has 168 valence electrons. The van der Waals surface area contributed by atoms with Gasteiger partial charge in [-0.15, -0.1) is 0 Å². The van der Waals surface area contributed by atoms with Crippen LogP contribution in [0.25, 0.3) is 6.08 Å². The van der Waals surface area contributed by atoms with Crippen molar-refractivity contribution in [2.45, 2.75) is 25.8 Å². The van der Waals surface area contributed by atoms with Crippen molar-refractivity contribution in [2.75, 3.05) is 6.61 Å². The highest BCUT2D eigenvalue weighted by Gasteiger charge is 2.37. The summed E-state index contributed by atoms with van der Waals surface area (Å²) in [5.41, 5.74) is 0.883. The average molecular weight is 481 g/mol. The quantitative estimate of drug-likeness (QED) is 0.366. The molecular weight excluding hydrogens is 460 g/mol. The van der Waals surface area contributed by atoms with Gasteiger partial charge in [-0.2, -0.15) is 0 Å². The zero-order valence-electron chi connectivity index (χ0n) is 17.9. The lowest BCUT2D eigenvalue weighted by molar-refractivity contribution is 0.0625. The van der Waals surface area contributed by atoms with Crippen LogP contribution in [0.3, 0.4) is 0 Å². The number of amides is 2. The standard InChI is InChI=1S/C25H21ClN2O4S/c1-15(28-23(29)19-4-2-3-5-20(19)24(28)30)6-10-18-13-27-25(33-18)32-22-11-9-17(12-21(22)26)31-14-16-7-8-16/h2-6,9-13,15-16H,7-8,14H2,1H3/b10-6+/t15-/m0/s1. The summed E-state index contributed by atoms with van der Waals surface area (Å²) < 4.78 is 11.6. The number of thiazole rings is 1. The fourth-order valence-corrected chi connectivity index (χ4v) is 4.44. The smallest absolute Gasteiger partial charge is 0.279 e. The number of imide groups is 1. The summed E-state index contributed by atoms with van der Waals surface area (Å²) in [5, 5.41) is 0.895. The van der Waals surface area contributed by atoms with E-state index in [1.54, 1.807) is 48.7 Å². The van der Waals surface area contributed by atoms with E-state index < -0.39 is 6.04 Å². The summed E-state index contributed by atoms with van der Waals surface area (Å²) in [4.78, 5) is 31.6. The minimum atomic E-state index is -0.401. The van der Waals surface area contributed by atoms with Gasteiger partial charge in [-0.05, 0) is 56.0 Å². The first-order valence-electron chi connectivity index (χ1n) is 10.7. The van der Waals surface area contributed by atoms with E-state index in [1.165, 1.54) is 29.1 Å². The summed E-state index contributed by atoms with van der Waals surface area (Å²) >= 11 is 7.68. The summed E-state index contributed by atoms with van der Waals surface area (Å²) in [7, 11) is 0. The first kappa shape index (κ1) is 21.7. The fourth-order valence-electron chi connectivity index (χ4n) is 3.54. The zero-order chi connectivity index (χ0) is 22.9. The predicted molar refractivity (Wildman–Crippen MR) is 127 cm³/mol. The number of hydrogen-bond donors (Lipinski definition) is 0. The van der Waals surface area contributed by atoms with Crippen LogP contribution in [0.1, 0.15) is 45.4 Å². The first-order valence-corrected chi connectivity index (χ1v) is 11.9. The molecule has 5 rings (SSSR count). The molecule has 1 aliphatic heterocycles. The Balaban J connectivity index is 1.22. The van der Waals surface area contributed by atoms with Crippen LogP contribution in [0, 0.1) is 5.92 Å². The number of ether oxygens (including phenoxy) is 2. The lowest BCUT2D eigenvalue weighted by Gasteiger charge is -2.19. The third-order valence-electron chi connectivity index (χ3n) is 5.56. The highest BCUT2D eigenvalue weighted by Crippen LogP contribution is 2.36. The largest absolute Gasteiger partial charge is 0.493 e. The van der Waals surface area contributed by atoms with Crippen LogP contribution in [0.5, 0.6) is 16.7 Å². The van der Waals surface area contributed by atoms with Gasteiger partial charge in [0.1, 0.15) is 11.5 Å². The molecule has 0 spiro atoms. The van der Waals surface area contributed by atoms with Gasteiger partial charge in [0.15, 0.2) is 0 Å². The van der Waals surface area contributed by atoms with Crippen LogP contribution in [0.2, 0.25) is 5.02 Å². The Labute approximate surface area is 200 Å². The van der Waals surface area contributed by atoms with Crippen LogP contribution in [0.15, 0.2) is 54.7 Å². The molecule has 3 aromatic rings. The third kappa shape index (κ3) is 4.65. The zero-order valence-corrected chi connectivity index (χ0v) is 19.4. The van der Waals surface area contributed by atoms with Gasteiger partial charge >= 0.3 is 0 Å². The maximum atomic E-state index is 12.6. The Morgan fingerprint density at radius 1 is 1.18 bits per heavy atom. The molecule has 1 saturated carbocycles. The molecule has 2 aliphatic rings. The van der Waals surface area contributed by atoms with E-state index in [9.17, 15) is 9.59 Å². The SMILES string of the molecule is C[C@@H](/C=C/c1cnc(Oc2ccc(OCC3CC3)cc2Cl)s1)N1C(=O)c2ccccc2C1=O. The van der Waals surface area contributed by atoms with Crippen LogP contribution in [0.4, 0.5) is 0 Å². The Morgan fingerprint density at radius 3 is 2.58 bits per heavy atom. The van der Waals surface area contributed by atoms with Gasteiger partial charge in [0, 0.05) is 12.3 Å². The molecule has 1 aliphatic carbocycles. The van der Waals surface area contributed by atoms with Crippen molar-refractivity contribution in [2.24, 2.45) is 5.92 Å². The van der Waals surface area contributed by atoms with Crippen molar-refractivity contribution in [1.82, 2.24) is 9.88 Å². The van der Waals surface area contributed by atoms with E-state index in [-0.39, 0.29) is 11.8 Å². The van der Waals surface area contributed by atoms with Gasteiger partial charge in [-0.25, -0.2) is 4.98 Å². The molecule has 8 heteroatoms. The van der Waals surface area contributed by atoms with Crippen molar-refractivity contribution in [3.05, 3.63) is 75.8 Å². The van der Waals surface area contributed by atoms with E-state index in [1.807, 2.05) is 19.1 Å². The average Bonchev–Trinajstić information content (AvgIpc) is 3.48. The lowest BCUT2D eigenvalue weighted by atomic mass is 10.1. The molecule has 6 nitrogen and oxygen atoms in total. The number of carbonyl (C=O) groups excluding carboxylic acids is 2. The fraction of sp³-hybridized carbons (Fsp3) is 0.240.